The zero-order valence-corrected chi connectivity index (χ0v) is 14.7. The third kappa shape index (κ3) is 4.60. The molecule has 6 heteroatoms. The zero-order chi connectivity index (χ0) is 16.3. The Hall–Kier alpha value is -1.30. The summed E-state index contributed by atoms with van der Waals surface area (Å²) >= 11 is 3.18. The Morgan fingerprint density at radius 3 is 2.59 bits per heavy atom. The van der Waals surface area contributed by atoms with E-state index in [9.17, 15) is 9.18 Å². The molecule has 1 heterocycles. The maximum Gasteiger partial charge on any atom is 0.410 e. The summed E-state index contributed by atoms with van der Waals surface area (Å²) in [5.74, 6) is -0.280. The van der Waals surface area contributed by atoms with Gasteiger partial charge in [-0.25, -0.2) is 9.18 Å². The van der Waals surface area contributed by atoms with Gasteiger partial charge in [0.1, 0.15) is 5.60 Å². The third-order valence-electron chi connectivity index (χ3n) is 3.46. The normalized spacial score (nSPS) is 16.5. The standard InChI is InChI=1S/C16H22BrFN2O2/c1-16(2,3)22-15(21)20-9-7-11(8-10-20)19-13-6-4-5-12(17)14(13)18/h4-6,11,19H,7-10H2,1-3H3. The summed E-state index contributed by atoms with van der Waals surface area (Å²) in [6.07, 6.45) is 1.26. The number of ether oxygens (including phenoxy) is 1. The Morgan fingerprint density at radius 1 is 1.36 bits per heavy atom. The molecule has 1 aliphatic rings. The molecule has 0 unspecified atom stereocenters. The van der Waals surface area contributed by atoms with Gasteiger partial charge in [-0.15, -0.1) is 0 Å². The second-order valence-electron chi connectivity index (χ2n) is 6.49. The first-order valence-electron chi connectivity index (χ1n) is 7.45. The van der Waals surface area contributed by atoms with Gasteiger partial charge in [0.2, 0.25) is 0 Å². The fraction of sp³-hybridized carbons (Fsp3) is 0.562. The summed E-state index contributed by atoms with van der Waals surface area (Å²) in [6.45, 7) is 6.80. The molecule has 1 aliphatic heterocycles. The van der Waals surface area contributed by atoms with Crippen LogP contribution in [0.1, 0.15) is 33.6 Å². The number of carbonyl (C=O) groups is 1. The highest BCUT2D eigenvalue weighted by Gasteiger charge is 2.27. The number of hydrogen-bond acceptors (Lipinski definition) is 3. The van der Waals surface area contributed by atoms with Crippen LogP contribution < -0.4 is 5.32 Å². The van der Waals surface area contributed by atoms with Crippen LogP contribution in [0.15, 0.2) is 22.7 Å². The summed E-state index contributed by atoms with van der Waals surface area (Å²) in [5, 5.41) is 3.21. The predicted octanol–water partition coefficient (Wildman–Crippen LogP) is 4.40. The molecule has 0 aliphatic carbocycles. The van der Waals surface area contributed by atoms with Crippen LogP contribution in [-0.2, 0) is 4.74 Å². The highest BCUT2D eigenvalue weighted by atomic mass is 79.9. The maximum absolute atomic E-state index is 14.0. The van der Waals surface area contributed by atoms with Crippen LogP contribution in [0.3, 0.4) is 0 Å². The Bertz CT molecular complexity index is 537. The summed E-state index contributed by atoms with van der Waals surface area (Å²) in [6, 6.07) is 5.35. The number of nitrogens with zero attached hydrogens (tertiary/aromatic N) is 1. The van der Waals surface area contributed by atoms with Crippen LogP contribution in [0, 0.1) is 5.82 Å². The predicted molar refractivity (Wildman–Crippen MR) is 88.6 cm³/mol. The van der Waals surface area contributed by atoms with Crippen molar-refractivity contribution in [2.24, 2.45) is 0 Å². The second kappa shape index (κ2) is 6.86. The Balaban J connectivity index is 1.87. The molecule has 1 fully saturated rings. The summed E-state index contributed by atoms with van der Waals surface area (Å²) in [7, 11) is 0. The Morgan fingerprint density at radius 2 is 2.00 bits per heavy atom. The molecule has 2 rings (SSSR count). The molecule has 0 atom stereocenters. The lowest BCUT2D eigenvalue weighted by molar-refractivity contribution is 0.0210. The van der Waals surface area contributed by atoms with Crippen molar-refractivity contribution >= 4 is 27.7 Å². The van der Waals surface area contributed by atoms with Crippen molar-refractivity contribution in [2.75, 3.05) is 18.4 Å². The first kappa shape index (κ1) is 17.1. The SMILES string of the molecule is CC(C)(C)OC(=O)N1CCC(Nc2cccc(Br)c2F)CC1. The smallest absolute Gasteiger partial charge is 0.410 e. The van der Waals surface area contributed by atoms with E-state index in [1.165, 1.54) is 0 Å². The molecule has 1 saturated heterocycles. The van der Waals surface area contributed by atoms with Crippen LogP contribution in [0.4, 0.5) is 14.9 Å². The van der Waals surface area contributed by atoms with Crippen molar-refractivity contribution in [2.45, 2.75) is 45.3 Å². The van der Waals surface area contributed by atoms with E-state index in [-0.39, 0.29) is 18.0 Å². The van der Waals surface area contributed by atoms with Gasteiger partial charge >= 0.3 is 6.09 Å². The number of benzene rings is 1. The van der Waals surface area contributed by atoms with E-state index in [1.807, 2.05) is 20.8 Å². The number of halogens is 2. The van der Waals surface area contributed by atoms with Gasteiger partial charge in [0.15, 0.2) is 5.82 Å². The first-order valence-corrected chi connectivity index (χ1v) is 8.24. The topological polar surface area (TPSA) is 41.6 Å². The molecule has 1 aromatic carbocycles. The van der Waals surface area contributed by atoms with E-state index in [4.69, 9.17) is 4.74 Å². The minimum absolute atomic E-state index is 0.155. The fourth-order valence-electron chi connectivity index (χ4n) is 2.37. The molecule has 0 saturated carbocycles. The second-order valence-corrected chi connectivity index (χ2v) is 7.34. The molecular formula is C16H22BrFN2O2. The number of likely N-dealkylation sites (tertiary alicyclic amines) is 1. The van der Waals surface area contributed by atoms with Crippen molar-refractivity contribution in [1.29, 1.82) is 0 Å². The van der Waals surface area contributed by atoms with Gasteiger partial charge in [0.05, 0.1) is 10.2 Å². The number of hydrogen-bond donors (Lipinski definition) is 1. The first-order chi connectivity index (χ1) is 10.3. The fourth-order valence-corrected chi connectivity index (χ4v) is 2.73. The van der Waals surface area contributed by atoms with Crippen molar-refractivity contribution in [1.82, 2.24) is 4.90 Å². The van der Waals surface area contributed by atoms with Gasteiger partial charge in [-0.2, -0.15) is 0 Å². The average molecular weight is 373 g/mol. The molecule has 22 heavy (non-hydrogen) atoms. The highest BCUT2D eigenvalue weighted by Crippen LogP contribution is 2.25. The lowest BCUT2D eigenvalue weighted by atomic mass is 10.0. The quantitative estimate of drug-likeness (QED) is 0.836. The molecule has 4 nitrogen and oxygen atoms in total. The monoisotopic (exact) mass is 372 g/mol. The van der Waals surface area contributed by atoms with E-state index >= 15 is 0 Å². The van der Waals surface area contributed by atoms with Gasteiger partial charge in [0.25, 0.3) is 0 Å². The van der Waals surface area contributed by atoms with Gasteiger partial charge in [-0.1, -0.05) is 6.07 Å². The lowest BCUT2D eigenvalue weighted by Crippen LogP contribution is -2.44. The highest BCUT2D eigenvalue weighted by molar-refractivity contribution is 9.10. The summed E-state index contributed by atoms with van der Waals surface area (Å²) in [5.41, 5.74) is 0.0103. The van der Waals surface area contributed by atoms with Crippen molar-refractivity contribution in [3.8, 4) is 0 Å². The number of carbonyl (C=O) groups excluding carboxylic acids is 1. The average Bonchev–Trinajstić information content (AvgIpc) is 2.43. The largest absolute Gasteiger partial charge is 0.444 e. The summed E-state index contributed by atoms with van der Waals surface area (Å²) in [4.78, 5) is 13.7. The van der Waals surface area contributed by atoms with E-state index in [0.717, 1.165) is 12.8 Å². The minimum atomic E-state index is -0.481. The van der Waals surface area contributed by atoms with Crippen molar-refractivity contribution < 1.29 is 13.9 Å². The third-order valence-corrected chi connectivity index (χ3v) is 4.07. The van der Waals surface area contributed by atoms with E-state index in [1.54, 1.807) is 23.1 Å². The van der Waals surface area contributed by atoms with E-state index in [0.29, 0.717) is 23.2 Å². The molecule has 1 aromatic rings. The maximum atomic E-state index is 14.0. The molecule has 122 valence electrons. The van der Waals surface area contributed by atoms with Crippen molar-refractivity contribution in [3.05, 3.63) is 28.5 Å². The Labute approximate surface area is 139 Å². The number of rotatable bonds is 2. The molecule has 0 aromatic heterocycles. The van der Waals surface area contributed by atoms with Gasteiger partial charge < -0.3 is 15.0 Å². The molecule has 1 amide bonds. The van der Waals surface area contributed by atoms with Gasteiger partial charge in [-0.3, -0.25) is 0 Å². The zero-order valence-electron chi connectivity index (χ0n) is 13.2. The number of anilines is 1. The lowest BCUT2D eigenvalue weighted by Gasteiger charge is -2.34. The number of piperidine rings is 1. The van der Waals surface area contributed by atoms with Crippen LogP contribution in [0.2, 0.25) is 0 Å². The molecular weight excluding hydrogens is 351 g/mol. The van der Waals surface area contributed by atoms with Gasteiger partial charge in [0, 0.05) is 19.1 Å². The summed E-state index contributed by atoms with van der Waals surface area (Å²) < 4.78 is 19.8. The number of amides is 1. The molecule has 0 radical (unpaired) electrons. The van der Waals surface area contributed by atoms with E-state index < -0.39 is 5.60 Å². The van der Waals surface area contributed by atoms with Crippen LogP contribution in [0.25, 0.3) is 0 Å². The molecule has 0 bridgehead atoms. The van der Waals surface area contributed by atoms with Crippen LogP contribution >= 0.6 is 15.9 Å². The molecule has 1 N–H and O–H groups in total. The van der Waals surface area contributed by atoms with E-state index in [2.05, 4.69) is 21.2 Å². The van der Waals surface area contributed by atoms with Crippen LogP contribution in [-0.4, -0.2) is 35.7 Å². The van der Waals surface area contributed by atoms with Crippen LogP contribution in [0.5, 0.6) is 0 Å². The minimum Gasteiger partial charge on any atom is -0.444 e. The van der Waals surface area contributed by atoms with Gasteiger partial charge in [-0.05, 0) is 61.7 Å². The Kier molecular flexibility index (Phi) is 5.32. The van der Waals surface area contributed by atoms with Crippen molar-refractivity contribution in [3.63, 3.8) is 0 Å². The number of nitrogens with one attached hydrogen (secondary N) is 1. The molecule has 0 spiro atoms.